The van der Waals surface area contributed by atoms with Crippen molar-refractivity contribution < 1.29 is 4.74 Å². The van der Waals surface area contributed by atoms with Gasteiger partial charge in [0.25, 0.3) is 0 Å². The maximum Gasteiger partial charge on any atom is 0.0638 e. The molecule has 30 heavy (non-hydrogen) atoms. The second-order valence-corrected chi connectivity index (χ2v) is 9.88. The largest absolute Gasteiger partial charge is 0.381 e. The van der Waals surface area contributed by atoms with Crippen LogP contribution in [-0.4, -0.2) is 31.6 Å². The van der Waals surface area contributed by atoms with E-state index in [1.807, 2.05) is 18.9 Å². The van der Waals surface area contributed by atoms with Crippen molar-refractivity contribution in [2.75, 3.05) is 19.1 Å². The topological polar surface area (TPSA) is 12.5 Å². The molecular formula is C27H29NOS. The summed E-state index contributed by atoms with van der Waals surface area (Å²) in [5.74, 6) is 0.821. The van der Waals surface area contributed by atoms with Crippen LogP contribution in [0.3, 0.4) is 0 Å². The average molecular weight is 416 g/mol. The SMILES string of the molecule is CO[C@H]1C[C@H](Sc2ccccc2)C[C@H]2[C@H]1[C@@H](c1ccccc1)c1ccccc1N2C. The van der Waals surface area contributed by atoms with Crippen molar-refractivity contribution in [1.82, 2.24) is 0 Å². The van der Waals surface area contributed by atoms with E-state index >= 15 is 0 Å². The molecule has 0 radical (unpaired) electrons. The summed E-state index contributed by atoms with van der Waals surface area (Å²) in [5.41, 5.74) is 4.21. The summed E-state index contributed by atoms with van der Waals surface area (Å²) < 4.78 is 6.20. The smallest absolute Gasteiger partial charge is 0.0638 e. The van der Waals surface area contributed by atoms with Crippen LogP contribution in [0.5, 0.6) is 0 Å². The van der Waals surface area contributed by atoms with Crippen LogP contribution in [0.4, 0.5) is 5.69 Å². The molecule has 5 atom stereocenters. The van der Waals surface area contributed by atoms with Crippen molar-refractivity contribution in [3.63, 3.8) is 0 Å². The minimum atomic E-state index is 0.242. The lowest BCUT2D eigenvalue weighted by molar-refractivity contribution is 0.00661. The molecule has 0 N–H and O–H groups in total. The van der Waals surface area contributed by atoms with Gasteiger partial charge in [-0.05, 0) is 42.2 Å². The second-order valence-electron chi connectivity index (χ2n) is 8.50. The van der Waals surface area contributed by atoms with Crippen LogP contribution in [0.25, 0.3) is 0 Å². The third-order valence-corrected chi connectivity index (χ3v) is 8.18. The van der Waals surface area contributed by atoms with E-state index in [9.17, 15) is 0 Å². The molecule has 0 spiro atoms. The van der Waals surface area contributed by atoms with Gasteiger partial charge >= 0.3 is 0 Å². The zero-order chi connectivity index (χ0) is 20.5. The van der Waals surface area contributed by atoms with Gasteiger partial charge in [-0.1, -0.05) is 66.7 Å². The highest BCUT2D eigenvalue weighted by Gasteiger charge is 2.48. The lowest BCUT2D eigenvalue weighted by atomic mass is 9.66. The fourth-order valence-corrected chi connectivity index (χ4v) is 6.88. The molecule has 1 aliphatic carbocycles. The van der Waals surface area contributed by atoms with E-state index in [0.717, 1.165) is 6.42 Å². The Bertz CT molecular complexity index is 976. The van der Waals surface area contributed by atoms with Gasteiger partial charge < -0.3 is 9.64 Å². The molecule has 5 rings (SSSR count). The highest BCUT2D eigenvalue weighted by molar-refractivity contribution is 8.00. The number of methoxy groups -OCH3 is 1. The molecule has 0 aromatic heterocycles. The summed E-state index contributed by atoms with van der Waals surface area (Å²) in [4.78, 5) is 3.89. The Hall–Kier alpha value is -2.23. The second kappa shape index (κ2) is 8.49. The Labute approximate surface area is 184 Å². The molecule has 0 unspecified atom stereocenters. The molecule has 2 aliphatic rings. The first-order chi connectivity index (χ1) is 14.8. The highest BCUT2D eigenvalue weighted by atomic mass is 32.2. The number of nitrogens with zero attached hydrogens (tertiary/aromatic N) is 1. The van der Waals surface area contributed by atoms with Gasteiger partial charge in [-0.25, -0.2) is 0 Å². The minimum absolute atomic E-state index is 0.242. The third-order valence-electron chi connectivity index (χ3n) is 6.91. The molecule has 0 saturated heterocycles. The predicted molar refractivity (Wildman–Crippen MR) is 127 cm³/mol. The van der Waals surface area contributed by atoms with Crippen LogP contribution in [0.2, 0.25) is 0 Å². The maximum atomic E-state index is 6.20. The van der Waals surface area contributed by atoms with Crippen molar-refractivity contribution in [3.05, 3.63) is 96.1 Å². The molecule has 3 aromatic rings. The van der Waals surface area contributed by atoms with E-state index in [1.165, 1.54) is 28.1 Å². The van der Waals surface area contributed by atoms with Crippen LogP contribution in [0, 0.1) is 5.92 Å². The van der Waals surface area contributed by atoms with Crippen LogP contribution in [0.15, 0.2) is 89.8 Å². The molecule has 1 aliphatic heterocycles. The Balaban J connectivity index is 1.54. The van der Waals surface area contributed by atoms with Crippen molar-refractivity contribution in [2.45, 2.75) is 41.1 Å². The molecule has 0 bridgehead atoms. The van der Waals surface area contributed by atoms with Gasteiger partial charge in [0.1, 0.15) is 0 Å². The number of para-hydroxylation sites is 1. The van der Waals surface area contributed by atoms with Crippen LogP contribution in [0.1, 0.15) is 29.9 Å². The first kappa shape index (κ1) is 19.7. The van der Waals surface area contributed by atoms with Gasteiger partial charge in [-0.2, -0.15) is 0 Å². The summed E-state index contributed by atoms with van der Waals surface area (Å²) in [5, 5.41) is 0.558. The Morgan fingerprint density at radius 1 is 0.833 bits per heavy atom. The molecular weight excluding hydrogens is 386 g/mol. The fraction of sp³-hybridized carbons (Fsp3) is 0.333. The summed E-state index contributed by atoms with van der Waals surface area (Å²) in [6.45, 7) is 0. The normalized spacial score (nSPS) is 27.9. The van der Waals surface area contributed by atoms with E-state index in [-0.39, 0.29) is 6.10 Å². The highest BCUT2D eigenvalue weighted by Crippen LogP contribution is 2.52. The van der Waals surface area contributed by atoms with Gasteiger partial charge in [-0.15, -0.1) is 11.8 Å². The molecule has 1 fully saturated rings. The van der Waals surface area contributed by atoms with E-state index in [2.05, 4.69) is 96.9 Å². The zero-order valence-corrected chi connectivity index (χ0v) is 18.5. The van der Waals surface area contributed by atoms with Crippen LogP contribution >= 0.6 is 11.8 Å². The molecule has 3 heteroatoms. The standard InChI is InChI=1S/C27H29NOS/c1-28-23-16-10-9-15-22(23)26(19-11-5-3-6-12-19)27-24(28)17-21(18-25(27)29-2)30-20-13-7-4-8-14-20/h3-16,21,24-27H,17-18H2,1-2H3/t21-,24+,25+,26+,27-/m1/s1. The maximum absolute atomic E-state index is 6.20. The molecule has 0 amide bonds. The van der Waals surface area contributed by atoms with Crippen molar-refractivity contribution in [2.24, 2.45) is 5.92 Å². The number of hydrogen-bond donors (Lipinski definition) is 0. The molecule has 154 valence electrons. The summed E-state index contributed by atoms with van der Waals surface area (Å²) in [6.07, 6.45) is 2.51. The summed E-state index contributed by atoms with van der Waals surface area (Å²) in [6, 6.07) is 31.3. The number of benzene rings is 3. The predicted octanol–water partition coefficient (Wildman–Crippen LogP) is 6.22. The molecule has 3 aromatic carbocycles. The number of fused-ring (bicyclic) bond motifs is 2. The lowest BCUT2D eigenvalue weighted by Gasteiger charge is -2.53. The number of hydrogen-bond acceptors (Lipinski definition) is 3. The zero-order valence-electron chi connectivity index (χ0n) is 17.6. The average Bonchev–Trinajstić information content (AvgIpc) is 2.80. The Morgan fingerprint density at radius 2 is 1.50 bits per heavy atom. The number of ether oxygens (including phenoxy) is 1. The van der Waals surface area contributed by atoms with Gasteiger partial charge in [-0.3, -0.25) is 0 Å². The fourth-order valence-electron chi connectivity index (χ4n) is 5.60. The summed E-state index contributed by atoms with van der Waals surface area (Å²) in [7, 11) is 4.18. The summed E-state index contributed by atoms with van der Waals surface area (Å²) >= 11 is 2.01. The molecule has 1 saturated carbocycles. The van der Waals surface area contributed by atoms with Gasteiger partial charge in [0, 0.05) is 47.9 Å². The third kappa shape index (κ3) is 3.55. The van der Waals surface area contributed by atoms with Gasteiger partial charge in [0.05, 0.1) is 6.10 Å². The number of rotatable bonds is 4. The number of anilines is 1. The van der Waals surface area contributed by atoms with E-state index in [4.69, 9.17) is 4.74 Å². The monoisotopic (exact) mass is 415 g/mol. The van der Waals surface area contributed by atoms with Crippen molar-refractivity contribution >= 4 is 17.4 Å². The quantitative estimate of drug-likeness (QED) is 0.502. The van der Waals surface area contributed by atoms with Crippen molar-refractivity contribution in [1.29, 1.82) is 0 Å². The van der Waals surface area contributed by atoms with E-state index < -0.39 is 0 Å². The van der Waals surface area contributed by atoms with Crippen LogP contribution < -0.4 is 4.90 Å². The van der Waals surface area contributed by atoms with E-state index in [0.29, 0.717) is 23.1 Å². The van der Waals surface area contributed by atoms with Crippen LogP contribution in [-0.2, 0) is 4.74 Å². The van der Waals surface area contributed by atoms with Gasteiger partial charge in [0.15, 0.2) is 0 Å². The first-order valence-corrected chi connectivity index (χ1v) is 11.8. The minimum Gasteiger partial charge on any atom is -0.381 e. The number of thioether (sulfide) groups is 1. The Morgan fingerprint density at radius 3 is 2.23 bits per heavy atom. The first-order valence-electron chi connectivity index (χ1n) is 10.9. The molecule has 1 heterocycles. The molecule has 2 nitrogen and oxygen atoms in total. The van der Waals surface area contributed by atoms with Crippen molar-refractivity contribution in [3.8, 4) is 0 Å². The lowest BCUT2D eigenvalue weighted by Crippen LogP contribution is -2.55. The Kier molecular flexibility index (Phi) is 5.58. The van der Waals surface area contributed by atoms with Gasteiger partial charge in [0.2, 0.25) is 0 Å². The van der Waals surface area contributed by atoms with E-state index in [1.54, 1.807) is 0 Å².